The first-order chi connectivity index (χ1) is 7.69. The van der Waals surface area contributed by atoms with Crippen LogP contribution in [0.2, 0.25) is 5.15 Å². The molecule has 0 amide bonds. The lowest BCUT2D eigenvalue weighted by Crippen LogP contribution is -2.04. The van der Waals surface area contributed by atoms with Gasteiger partial charge in [-0.1, -0.05) is 18.5 Å². The number of hydrogen-bond acceptors (Lipinski definition) is 4. The molecule has 6 heteroatoms. The summed E-state index contributed by atoms with van der Waals surface area (Å²) in [6.45, 7) is 2.64. The standard InChI is InChI=1S/C10H14ClIN2OS/c1-3-4-16-6-8-13-7(5-15-2)9(12)10(11)14-8/h3-6H2,1-2H3. The number of ether oxygens (including phenoxy) is 1. The van der Waals surface area contributed by atoms with Crippen LogP contribution in [-0.4, -0.2) is 22.8 Å². The number of hydrogen-bond donors (Lipinski definition) is 0. The number of thioether (sulfide) groups is 1. The molecular weight excluding hydrogens is 359 g/mol. The van der Waals surface area contributed by atoms with Crippen LogP contribution in [0.25, 0.3) is 0 Å². The number of rotatable bonds is 6. The van der Waals surface area contributed by atoms with Gasteiger partial charge in [-0.25, -0.2) is 9.97 Å². The summed E-state index contributed by atoms with van der Waals surface area (Å²) in [6.07, 6.45) is 1.16. The Hall–Kier alpha value is 0.410. The summed E-state index contributed by atoms with van der Waals surface area (Å²) in [5.41, 5.74) is 0.871. The van der Waals surface area contributed by atoms with Crippen LogP contribution in [0.3, 0.4) is 0 Å². The van der Waals surface area contributed by atoms with Crippen molar-refractivity contribution in [3.63, 3.8) is 0 Å². The van der Waals surface area contributed by atoms with E-state index in [-0.39, 0.29) is 0 Å². The zero-order valence-corrected chi connectivity index (χ0v) is 13.0. The molecule has 0 aliphatic carbocycles. The summed E-state index contributed by atoms with van der Waals surface area (Å²) in [6, 6.07) is 0. The highest BCUT2D eigenvalue weighted by Crippen LogP contribution is 2.21. The van der Waals surface area contributed by atoms with Crippen LogP contribution in [0.1, 0.15) is 24.9 Å². The number of nitrogens with zero attached hydrogens (tertiary/aromatic N) is 2. The summed E-state index contributed by atoms with van der Waals surface area (Å²) in [4.78, 5) is 8.70. The van der Waals surface area contributed by atoms with Gasteiger partial charge in [-0.05, 0) is 34.8 Å². The summed E-state index contributed by atoms with van der Waals surface area (Å²) in [7, 11) is 1.65. The van der Waals surface area contributed by atoms with E-state index in [0.29, 0.717) is 11.8 Å². The second kappa shape index (κ2) is 7.68. The molecule has 0 aliphatic rings. The SMILES string of the molecule is CCCSCc1nc(Cl)c(I)c(COC)n1. The van der Waals surface area contributed by atoms with E-state index in [4.69, 9.17) is 16.3 Å². The molecule has 0 bridgehead atoms. The highest BCUT2D eigenvalue weighted by molar-refractivity contribution is 14.1. The van der Waals surface area contributed by atoms with Crippen molar-refractivity contribution in [1.82, 2.24) is 9.97 Å². The van der Waals surface area contributed by atoms with Gasteiger partial charge in [-0.2, -0.15) is 11.8 Å². The van der Waals surface area contributed by atoms with Crippen LogP contribution >= 0.6 is 46.0 Å². The summed E-state index contributed by atoms with van der Waals surface area (Å²) in [5, 5.41) is 0.523. The summed E-state index contributed by atoms with van der Waals surface area (Å²) in [5.74, 6) is 2.71. The molecule has 0 saturated heterocycles. The third kappa shape index (κ3) is 4.35. The van der Waals surface area contributed by atoms with E-state index in [2.05, 4.69) is 39.5 Å². The first-order valence-electron chi connectivity index (χ1n) is 4.96. The lowest BCUT2D eigenvalue weighted by Gasteiger charge is -2.07. The second-order valence-corrected chi connectivity index (χ2v) is 5.72. The van der Waals surface area contributed by atoms with E-state index in [1.165, 1.54) is 0 Å². The quantitative estimate of drug-likeness (QED) is 0.435. The predicted octanol–water partition coefficient (Wildman–Crippen LogP) is 3.52. The van der Waals surface area contributed by atoms with E-state index in [1.807, 2.05) is 11.8 Å². The maximum atomic E-state index is 6.04. The first-order valence-corrected chi connectivity index (χ1v) is 7.57. The fraction of sp³-hybridized carbons (Fsp3) is 0.600. The first kappa shape index (κ1) is 14.5. The van der Waals surface area contributed by atoms with Crippen LogP contribution in [0.15, 0.2) is 0 Å². The highest BCUT2D eigenvalue weighted by Gasteiger charge is 2.10. The molecule has 0 spiro atoms. The largest absolute Gasteiger partial charge is 0.378 e. The van der Waals surface area contributed by atoms with Crippen molar-refractivity contribution < 1.29 is 4.74 Å². The zero-order valence-electron chi connectivity index (χ0n) is 9.30. The van der Waals surface area contributed by atoms with E-state index in [9.17, 15) is 0 Å². The van der Waals surface area contributed by atoms with E-state index in [1.54, 1.807) is 7.11 Å². The maximum absolute atomic E-state index is 6.04. The normalized spacial score (nSPS) is 10.8. The van der Waals surface area contributed by atoms with Gasteiger partial charge in [-0.15, -0.1) is 0 Å². The Bertz CT molecular complexity index is 352. The predicted molar refractivity (Wildman–Crippen MR) is 76.9 cm³/mol. The molecule has 1 aromatic heterocycles. The van der Waals surface area contributed by atoms with Crippen LogP contribution < -0.4 is 0 Å². The van der Waals surface area contributed by atoms with Crippen molar-refractivity contribution in [3.8, 4) is 0 Å². The topological polar surface area (TPSA) is 35.0 Å². The average molecular weight is 373 g/mol. The van der Waals surface area contributed by atoms with Gasteiger partial charge in [0.2, 0.25) is 0 Å². The van der Waals surface area contributed by atoms with E-state index in [0.717, 1.165) is 33.0 Å². The Kier molecular flexibility index (Phi) is 6.95. The van der Waals surface area contributed by atoms with Gasteiger partial charge >= 0.3 is 0 Å². The third-order valence-corrected chi connectivity index (χ3v) is 4.67. The third-order valence-electron chi connectivity index (χ3n) is 1.79. The number of aromatic nitrogens is 2. The Labute approximate surface area is 119 Å². The summed E-state index contributed by atoms with van der Waals surface area (Å²) < 4.78 is 5.96. The lowest BCUT2D eigenvalue weighted by atomic mass is 10.4. The fourth-order valence-corrected chi connectivity index (χ4v) is 2.46. The van der Waals surface area contributed by atoms with Gasteiger partial charge in [0.15, 0.2) is 0 Å². The maximum Gasteiger partial charge on any atom is 0.146 e. The van der Waals surface area contributed by atoms with Crippen molar-refractivity contribution in [1.29, 1.82) is 0 Å². The molecule has 0 radical (unpaired) electrons. The van der Waals surface area contributed by atoms with Crippen molar-refractivity contribution in [3.05, 3.63) is 20.2 Å². The number of methoxy groups -OCH3 is 1. The van der Waals surface area contributed by atoms with Gasteiger partial charge in [0, 0.05) is 7.11 Å². The Morgan fingerprint density at radius 1 is 1.44 bits per heavy atom. The Morgan fingerprint density at radius 3 is 2.81 bits per heavy atom. The molecule has 0 aromatic carbocycles. The fourth-order valence-electron chi connectivity index (χ4n) is 1.12. The van der Waals surface area contributed by atoms with Crippen LogP contribution in [0, 0.1) is 3.57 Å². The molecule has 0 fully saturated rings. The highest BCUT2D eigenvalue weighted by atomic mass is 127. The minimum Gasteiger partial charge on any atom is -0.378 e. The minimum absolute atomic E-state index is 0.478. The smallest absolute Gasteiger partial charge is 0.146 e. The molecule has 0 atom stereocenters. The van der Waals surface area contributed by atoms with Crippen molar-refractivity contribution >= 4 is 46.0 Å². The Morgan fingerprint density at radius 2 is 2.19 bits per heavy atom. The monoisotopic (exact) mass is 372 g/mol. The molecule has 0 aliphatic heterocycles. The summed E-state index contributed by atoms with van der Waals surface area (Å²) >= 11 is 10.0. The molecule has 1 rings (SSSR count). The molecule has 1 heterocycles. The van der Waals surface area contributed by atoms with Crippen molar-refractivity contribution in [2.24, 2.45) is 0 Å². The van der Waals surface area contributed by atoms with Gasteiger partial charge in [0.25, 0.3) is 0 Å². The van der Waals surface area contributed by atoms with E-state index >= 15 is 0 Å². The molecule has 0 N–H and O–H groups in total. The molecule has 3 nitrogen and oxygen atoms in total. The molecule has 16 heavy (non-hydrogen) atoms. The van der Waals surface area contributed by atoms with Crippen molar-refractivity contribution in [2.45, 2.75) is 25.7 Å². The van der Waals surface area contributed by atoms with Crippen molar-refractivity contribution in [2.75, 3.05) is 12.9 Å². The van der Waals surface area contributed by atoms with E-state index < -0.39 is 0 Å². The number of halogens is 2. The molecular formula is C10H14ClIN2OS. The second-order valence-electron chi connectivity index (χ2n) is 3.18. The van der Waals surface area contributed by atoms with Gasteiger partial charge in [-0.3, -0.25) is 0 Å². The van der Waals surface area contributed by atoms with Crippen LogP contribution in [-0.2, 0) is 17.1 Å². The van der Waals surface area contributed by atoms with Crippen LogP contribution in [0.5, 0.6) is 0 Å². The molecule has 1 aromatic rings. The molecule has 0 unspecified atom stereocenters. The minimum atomic E-state index is 0.478. The molecule has 90 valence electrons. The average Bonchev–Trinajstić information content (AvgIpc) is 2.26. The zero-order chi connectivity index (χ0) is 12.0. The van der Waals surface area contributed by atoms with Gasteiger partial charge in [0.1, 0.15) is 11.0 Å². The van der Waals surface area contributed by atoms with Crippen LogP contribution in [0.4, 0.5) is 0 Å². The molecule has 0 saturated carbocycles. The lowest BCUT2D eigenvalue weighted by molar-refractivity contribution is 0.180. The Balaban J connectivity index is 2.77. The van der Waals surface area contributed by atoms with Gasteiger partial charge in [0.05, 0.1) is 21.6 Å². The van der Waals surface area contributed by atoms with Gasteiger partial charge < -0.3 is 4.74 Å².